The van der Waals surface area contributed by atoms with Crippen molar-refractivity contribution in [2.24, 2.45) is 0 Å². The summed E-state index contributed by atoms with van der Waals surface area (Å²) in [5.41, 5.74) is 2.41. The lowest BCUT2D eigenvalue weighted by Crippen LogP contribution is -2.55. The first kappa shape index (κ1) is 20.3. The normalized spacial score (nSPS) is 29.8. The minimum absolute atomic E-state index is 0.130. The van der Waals surface area contributed by atoms with Gasteiger partial charge in [0.1, 0.15) is 42.2 Å². The Hall–Kier alpha value is -1.94. The first-order chi connectivity index (χ1) is 13.9. The summed E-state index contributed by atoms with van der Waals surface area (Å²) in [6, 6.07) is 9.91. The van der Waals surface area contributed by atoms with Gasteiger partial charge in [-0.1, -0.05) is 24.3 Å². The van der Waals surface area contributed by atoms with E-state index in [1.165, 1.54) is 6.07 Å². The van der Waals surface area contributed by atoms with Crippen LogP contribution in [0.25, 0.3) is 0 Å². The third-order valence-corrected chi connectivity index (χ3v) is 5.66. The molecule has 1 fully saturated rings. The Morgan fingerprint density at radius 3 is 2.21 bits per heavy atom. The van der Waals surface area contributed by atoms with Crippen LogP contribution in [0.4, 0.5) is 8.78 Å². The van der Waals surface area contributed by atoms with Crippen molar-refractivity contribution < 1.29 is 33.9 Å². The van der Waals surface area contributed by atoms with Crippen LogP contribution < -0.4 is 0 Å². The summed E-state index contributed by atoms with van der Waals surface area (Å²) >= 11 is 0. The summed E-state index contributed by atoms with van der Waals surface area (Å²) in [6.07, 6.45) is -7.32. The average Bonchev–Trinajstić information content (AvgIpc) is 3.11. The van der Waals surface area contributed by atoms with Crippen molar-refractivity contribution in [2.75, 3.05) is 6.61 Å². The Bertz CT molecular complexity index is 868. The highest BCUT2D eigenvalue weighted by atomic mass is 19.1. The number of benzene rings is 2. The van der Waals surface area contributed by atoms with Crippen molar-refractivity contribution in [3.63, 3.8) is 0 Å². The fourth-order valence-corrected chi connectivity index (χ4v) is 4.07. The Morgan fingerprint density at radius 1 is 0.931 bits per heavy atom. The van der Waals surface area contributed by atoms with Gasteiger partial charge in [0, 0.05) is 36.8 Å². The summed E-state index contributed by atoms with van der Waals surface area (Å²) in [7, 11) is 0. The number of halogens is 2. The Morgan fingerprint density at radius 2 is 1.59 bits per heavy atom. The molecular formula is C21H23F2NO5. The summed E-state index contributed by atoms with van der Waals surface area (Å²) in [5, 5.41) is 39.5. The van der Waals surface area contributed by atoms with Crippen molar-refractivity contribution in [2.45, 2.75) is 50.2 Å². The van der Waals surface area contributed by atoms with Crippen molar-refractivity contribution in [3.8, 4) is 0 Å². The molecule has 1 saturated heterocycles. The molecule has 0 aromatic heterocycles. The maximum Gasteiger partial charge on any atom is 0.132 e. The van der Waals surface area contributed by atoms with Crippen molar-refractivity contribution >= 4 is 0 Å². The molecule has 156 valence electrons. The molecule has 0 aliphatic carbocycles. The van der Waals surface area contributed by atoms with Gasteiger partial charge in [-0.3, -0.25) is 4.90 Å². The number of hydrogen-bond acceptors (Lipinski definition) is 6. The molecule has 5 unspecified atom stereocenters. The molecule has 29 heavy (non-hydrogen) atoms. The number of rotatable bonds is 4. The predicted molar refractivity (Wildman–Crippen MR) is 98.5 cm³/mol. The first-order valence-corrected chi connectivity index (χ1v) is 9.46. The minimum atomic E-state index is -1.63. The molecule has 2 aromatic rings. The molecule has 2 aromatic carbocycles. The van der Waals surface area contributed by atoms with Gasteiger partial charge in [0.15, 0.2) is 0 Å². The summed E-state index contributed by atoms with van der Waals surface area (Å²) in [5.74, 6) is -1.65. The summed E-state index contributed by atoms with van der Waals surface area (Å²) in [4.78, 5) is 2.01. The first-order valence-electron chi connectivity index (χ1n) is 9.46. The van der Waals surface area contributed by atoms with Gasteiger partial charge in [-0.05, 0) is 17.2 Å². The molecule has 4 N–H and O–H groups in total. The van der Waals surface area contributed by atoms with Gasteiger partial charge in [-0.15, -0.1) is 0 Å². The second-order valence-electron chi connectivity index (χ2n) is 7.63. The van der Waals surface area contributed by atoms with Crippen LogP contribution in [0.2, 0.25) is 0 Å². The largest absolute Gasteiger partial charge is 0.394 e. The van der Waals surface area contributed by atoms with Gasteiger partial charge in [-0.2, -0.15) is 0 Å². The summed E-state index contributed by atoms with van der Waals surface area (Å²) < 4.78 is 34.4. The van der Waals surface area contributed by atoms with Gasteiger partial charge in [0.2, 0.25) is 0 Å². The Kier molecular flexibility index (Phi) is 5.65. The molecule has 2 aliphatic heterocycles. The molecule has 0 bridgehead atoms. The van der Waals surface area contributed by atoms with Crippen LogP contribution in [0, 0.1) is 11.6 Å². The molecule has 0 amide bonds. The van der Waals surface area contributed by atoms with Crippen molar-refractivity contribution in [3.05, 3.63) is 70.3 Å². The van der Waals surface area contributed by atoms with Crippen molar-refractivity contribution in [1.82, 2.24) is 4.90 Å². The van der Waals surface area contributed by atoms with Crippen LogP contribution in [0.5, 0.6) is 0 Å². The number of nitrogens with zero attached hydrogens (tertiary/aromatic N) is 1. The van der Waals surface area contributed by atoms with E-state index in [4.69, 9.17) is 4.74 Å². The predicted octanol–water partition coefficient (Wildman–Crippen LogP) is 0.995. The van der Waals surface area contributed by atoms with E-state index in [9.17, 15) is 29.2 Å². The van der Waals surface area contributed by atoms with E-state index < -0.39 is 48.8 Å². The van der Waals surface area contributed by atoms with Crippen LogP contribution in [-0.4, -0.2) is 56.3 Å². The van der Waals surface area contributed by atoms with Crippen LogP contribution in [0.1, 0.15) is 28.4 Å². The monoisotopic (exact) mass is 407 g/mol. The molecule has 4 rings (SSSR count). The van der Waals surface area contributed by atoms with E-state index in [0.717, 1.165) is 17.2 Å². The number of hydrogen-bond donors (Lipinski definition) is 4. The fourth-order valence-electron chi connectivity index (χ4n) is 4.07. The lowest BCUT2D eigenvalue weighted by atomic mass is 9.90. The highest BCUT2D eigenvalue weighted by molar-refractivity contribution is 5.33. The molecule has 5 atom stereocenters. The molecule has 0 spiro atoms. The van der Waals surface area contributed by atoms with E-state index in [1.54, 1.807) is 0 Å². The van der Waals surface area contributed by atoms with E-state index in [-0.39, 0.29) is 17.7 Å². The zero-order valence-corrected chi connectivity index (χ0v) is 15.6. The smallest absolute Gasteiger partial charge is 0.132 e. The van der Waals surface area contributed by atoms with E-state index >= 15 is 0 Å². The third kappa shape index (κ3) is 3.79. The highest BCUT2D eigenvalue weighted by Crippen LogP contribution is 2.35. The minimum Gasteiger partial charge on any atom is -0.394 e. The topological polar surface area (TPSA) is 93.4 Å². The molecule has 2 heterocycles. The van der Waals surface area contributed by atoms with Gasteiger partial charge in [0.25, 0.3) is 0 Å². The van der Waals surface area contributed by atoms with E-state index in [0.29, 0.717) is 13.1 Å². The fraction of sp³-hybridized carbons (Fsp3) is 0.429. The van der Waals surface area contributed by atoms with Crippen LogP contribution >= 0.6 is 0 Å². The molecule has 6 nitrogen and oxygen atoms in total. The van der Waals surface area contributed by atoms with Gasteiger partial charge in [0.05, 0.1) is 6.61 Å². The van der Waals surface area contributed by atoms with Crippen LogP contribution in [0.15, 0.2) is 36.4 Å². The number of fused-ring (bicyclic) bond motifs is 1. The quantitative estimate of drug-likeness (QED) is 0.604. The zero-order chi connectivity index (χ0) is 20.7. The van der Waals surface area contributed by atoms with Gasteiger partial charge >= 0.3 is 0 Å². The van der Waals surface area contributed by atoms with Gasteiger partial charge in [-0.25, -0.2) is 8.78 Å². The van der Waals surface area contributed by atoms with Crippen LogP contribution in [0.3, 0.4) is 0 Å². The number of ether oxygens (including phenoxy) is 1. The van der Waals surface area contributed by atoms with Gasteiger partial charge < -0.3 is 25.2 Å². The van der Waals surface area contributed by atoms with E-state index in [2.05, 4.69) is 0 Å². The SMILES string of the molecule is OCC1OC(c2cc(CN3Cc4ccccc4C3)c(F)cc2F)C(O)C(O)C1O. The second kappa shape index (κ2) is 8.06. The van der Waals surface area contributed by atoms with E-state index in [1.807, 2.05) is 29.2 Å². The summed E-state index contributed by atoms with van der Waals surface area (Å²) in [6.45, 7) is 0.888. The molecular weight excluding hydrogens is 384 g/mol. The molecule has 0 saturated carbocycles. The third-order valence-electron chi connectivity index (χ3n) is 5.66. The number of aliphatic hydroxyl groups excluding tert-OH is 4. The highest BCUT2D eigenvalue weighted by Gasteiger charge is 2.45. The Balaban J connectivity index is 1.59. The molecule has 8 heteroatoms. The van der Waals surface area contributed by atoms with Crippen LogP contribution in [-0.2, 0) is 24.4 Å². The Labute approximate surface area is 166 Å². The lowest BCUT2D eigenvalue weighted by Gasteiger charge is -2.40. The second-order valence-corrected chi connectivity index (χ2v) is 7.63. The average molecular weight is 407 g/mol. The lowest BCUT2D eigenvalue weighted by molar-refractivity contribution is -0.232. The molecule has 2 aliphatic rings. The van der Waals surface area contributed by atoms with Crippen molar-refractivity contribution in [1.29, 1.82) is 0 Å². The standard InChI is InChI=1S/C21H23F2NO5/c22-15-6-16(23)14(21-20(28)19(27)18(26)17(10-25)29-21)5-13(15)9-24-7-11-3-1-2-4-12(11)8-24/h1-6,17-21,25-28H,7-10H2. The number of aliphatic hydroxyl groups is 4. The maximum atomic E-state index is 14.5. The maximum absolute atomic E-state index is 14.5. The molecule has 0 radical (unpaired) electrons. The zero-order valence-electron chi connectivity index (χ0n) is 15.6.